The van der Waals surface area contributed by atoms with Crippen LogP contribution in [0.3, 0.4) is 0 Å². The van der Waals surface area contributed by atoms with Crippen LogP contribution in [0.5, 0.6) is 0 Å². The van der Waals surface area contributed by atoms with Gasteiger partial charge in [-0.1, -0.05) is 30.0 Å². The second-order valence-corrected chi connectivity index (χ2v) is 7.39. The van der Waals surface area contributed by atoms with E-state index in [1.54, 1.807) is 23.1 Å². The van der Waals surface area contributed by atoms with Crippen molar-refractivity contribution in [3.8, 4) is 0 Å². The van der Waals surface area contributed by atoms with Crippen LogP contribution in [0.4, 0.5) is 4.39 Å². The normalized spacial score (nSPS) is 13.2. The molecule has 3 rings (SSSR count). The van der Waals surface area contributed by atoms with Crippen LogP contribution in [-0.4, -0.2) is 45.6 Å². The van der Waals surface area contributed by atoms with E-state index in [1.165, 1.54) is 19.2 Å². The van der Waals surface area contributed by atoms with Crippen LogP contribution in [0.15, 0.2) is 40.3 Å². The molecular weight excluding hydrogens is 385 g/mol. The molecule has 0 spiro atoms. The van der Waals surface area contributed by atoms with Crippen molar-refractivity contribution in [3.63, 3.8) is 0 Å². The Kier molecular flexibility index (Phi) is 6.45. The van der Waals surface area contributed by atoms with E-state index >= 15 is 0 Å². The van der Waals surface area contributed by atoms with Crippen LogP contribution in [-0.2, 0) is 27.3 Å². The number of carbonyl (C=O) groups is 2. The molecule has 1 aromatic carbocycles. The molecule has 0 aliphatic heterocycles. The van der Waals surface area contributed by atoms with Gasteiger partial charge >= 0.3 is 5.97 Å². The zero-order chi connectivity index (χ0) is 20.1. The van der Waals surface area contributed by atoms with E-state index in [0.717, 1.165) is 24.6 Å². The Bertz CT molecular complexity index is 929. The van der Waals surface area contributed by atoms with E-state index < -0.39 is 11.5 Å². The number of amides is 1. The predicted molar refractivity (Wildman–Crippen MR) is 101 cm³/mol. The molecule has 2 aromatic rings. The number of H-pyrrole nitrogens is 1. The van der Waals surface area contributed by atoms with E-state index in [4.69, 9.17) is 0 Å². The van der Waals surface area contributed by atoms with Gasteiger partial charge in [-0.2, -0.15) is 0 Å². The zero-order valence-electron chi connectivity index (χ0n) is 15.3. The summed E-state index contributed by atoms with van der Waals surface area (Å²) >= 11 is 1.08. The summed E-state index contributed by atoms with van der Waals surface area (Å²) in [6.45, 7) is 0.211. The summed E-state index contributed by atoms with van der Waals surface area (Å²) in [6, 6.07) is 7.73. The average molecular weight is 405 g/mol. The first-order chi connectivity index (χ1) is 13.5. The van der Waals surface area contributed by atoms with Gasteiger partial charge in [0.15, 0.2) is 5.16 Å². The van der Waals surface area contributed by atoms with E-state index in [0.29, 0.717) is 5.56 Å². The zero-order valence-corrected chi connectivity index (χ0v) is 16.1. The monoisotopic (exact) mass is 405 g/mol. The van der Waals surface area contributed by atoms with E-state index in [1.807, 2.05) is 0 Å². The second-order valence-electron chi connectivity index (χ2n) is 6.43. The molecule has 0 radical (unpaired) electrons. The SMILES string of the molecule is COC(=O)Cc1cc(=O)[nH]c(SCC(=O)N(Cc2ccccc2F)C2CC2)n1. The fourth-order valence-electron chi connectivity index (χ4n) is 2.69. The van der Waals surface area contributed by atoms with Crippen molar-refractivity contribution in [2.75, 3.05) is 12.9 Å². The highest BCUT2D eigenvalue weighted by Crippen LogP contribution is 2.30. The van der Waals surface area contributed by atoms with Crippen molar-refractivity contribution in [1.82, 2.24) is 14.9 Å². The lowest BCUT2D eigenvalue weighted by atomic mass is 10.2. The number of carbonyl (C=O) groups excluding carboxylic acids is 2. The number of aromatic nitrogens is 2. The molecule has 1 saturated carbocycles. The number of esters is 1. The lowest BCUT2D eigenvalue weighted by Gasteiger charge is -2.22. The van der Waals surface area contributed by atoms with Crippen LogP contribution >= 0.6 is 11.8 Å². The number of methoxy groups -OCH3 is 1. The molecule has 0 unspecified atom stereocenters. The minimum atomic E-state index is -0.505. The number of halogens is 1. The molecule has 1 aliphatic rings. The third-order valence-electron chi connectivity index (χ3n) is 4.26. The number of hydrogen-bond acceptors (Lipinski definition) is 6. The van der Waals surface area contributed by atoms with Gasteiger partial charge in [0, 0.05) is 24.2 Å². The molecule has 9 heteroatoms. The fraction of sp³-hybridized carbons (Fsp3) is 0.368. The molecule has 1 fully saturated rings. The lowest BCUT2D eigenvalue weighted by Crippen LogP contribution is -2.34. The summed E-state index contributed by atoms with van der Waals surface area (Å²) in [5.74, 6) is -0.947. The molecule has 7 nitrogen and oxygen atoms in total. The third-order valence-corrected chi connectivity index (χ3v) is 5.12. The first kappa shape index (κ1) is 20.1. The summed E-state index contributed by atoms with van der Waals surface area (Å²) in [5, 5.41) is 0.251. The molecule has 0 atom stereocenters. The Labute approximate surface area is 165 Å². The van der Waals surface area contributed by atoms with Gasteiger partial charge in [0.1, 0.15) is 5.82 Å². The molecule has 148 valence electrons. The summed E-state index contributed by atoms with van der Waals surface area (Å²) in [4.78, 5) is 44.2. The Hall–Kier alpha value is -2.68. The highest BCUT2D eigenvalue weighted by molar-refractivity contribution is 7.99. The standard InChI is InChI=1S/C19H20FN3O4S/c1-27-18(26)9-13-8-16(24)22-19(21-13)28-11-17(25)23(14-6-7-14)10-12-4-2-3-5-15(12)20/h2-5,8,14H,6-7,9-11H2,1H3,(H,21,22,24). The second kappa shape index (κ2) is 9.01. The minimum absolute atomic E-state index is 0.0512. The molecule has 1 aromatic heterocycles. The predicted octanol–water partition coefficient (Wildman–Crippen LogP) is 1.91. The Balaban J connectivity index is 1.66. The van der Waals surface area contributed by atoms with Crippen molar-refractivity contribution < 1.29 is 18.7 Å². The van der Waals surface area contributed by atoms with Gasteiger partial charge in [-0.15, -0.1) is 0 Å². The van der Waals surface area contributed by atoms with Crippen molar-refractivity contribution in [1.29, 1.82) is 0 Å². The lowest BCUT2D eigenvalue weighted by molar-refractivity contribution is -0.139. The molecule has 1 N–H and O–H groups in total. The summed E-state index contributed by atoms with van der Waals surface area (Å²) in [5.41, 5.74) is 0.338. The molecule has 1 aliphatic carbocycles. The van der Waals surface area contributed by atoms with Crippen molar-refractivity contribution in [2.24, 2.45) is 0 Å². The number of aromatic amines is 1. The summed E-state index contributed by atoms with van der Waals surface area (Å²) in [6.07, 6.45) is 1.67. The molecule has 28 heavy (non-hydrogen) atoms. The Morgan fingerprint density at radius 3 is 2.79 bits per heavy atom. The van der Waals surface area contributed by atoms with Crippen LogP contribution < -0.4 is 5.56 Å². The van der Waals surface area contributed by atoms with Crippen molar-refractivity contribution >= 4 is 23.6 Å². The van der Waals surface area contributed by atoms with E-state index in [-0.39, 0.29) is 47.3 Å². The number of benzene rings is 1. The maximum atomic E-state index is 13.9. The largest absolute Gasteiger partial charge is 0.469 e. The van der Waals surface area contributed by atoms with Crippen molar-refractivity contribution in [3.05, 3.63) is 57.8 Å². The van der Waals surface area contributed by atoms with Gasteiger partial charge in [-0.25, -0.2) is 9.37 Å². The number of nitrogens with one attached hydrogen (secondary N) is 1. The Morgan fingerprint density at radius 1 is 1.36 bits per heavy atom. The highest BCUT2D eigenvalue weighted by Gasteiger charge is 2.33. The van der Waals surface area contributed by atoms with Gasteiger partial charge in [-0.3, -0.25) is 14.4 Å². The minimum Gasteiger partial charge on any atom is -0.469 e. The molecule has 0 saturated heterocycles. The van der Waals surface area contributed by atoms with Gasteiger partial charge < -0.3 is 14.6 Å². The smallest absolute Gasteiger partial charge is 0.311 e. The molecule has 0 bridgehead atoms. The fourth-order valence-corrected chi connectivity index (χ4v) is 3.47. The number of rotatable bonds is 8. The number of nitrogens with zero attached hydrogens (tertiary/aromatic N) is 2. The number of hydrogen-bond donors (Lipinski definition) is 1. The van der Waals surface area contributed by atoms with Gasteiger partial charge in [0.05, 0.1) is 25.0 Å². The first-order valence-electron chi connectivity index (χ1n) is 8.79. The van der Waals surface area contributed by atoms with Crippen LogP contribution in [0, 0.1) is 5.82 Å². The van der Waals surface area contributed by atoms with Gasteiger partial charge in [0.2, 0.25) is 5.91 Å². The maximum absolute atomic E-state index is 13.9. The Morgan fingerprint density at radius 2 is 2.11 bits per heavy atom. The van der Waals surface area contributed by atoms with E-state index in [9.17, 15) is 18.8 Å². The van der Waals surface area contributed by atoms with Crippen molar-refractivity contribution in [2.45, 2.75) is 37.0 Å². The van der Waals surface area contributed by atoms with Crippen LogP contribution in [0.1, 0.15) is 24.1 Å². The molecule has 1 heterocycles. The molecule has 1 amide bonds. The van der Waals surface area contributed by atoms with E-state index in [2.05, 4.69) is 14.7 Å². The molecular formula is C19H20FN3O4S. The summed E-state index contributed by atoms with van der Waals surface area (Å²) in [7, 11) is 1.26. The average Bonchev–Trinajstić information content (AvgIpc) is 3.50. The van der Waals surface area contributed by atoms with Gasteiger partial charge in [-0.05, 0) is 18.9 Å². The van der Waals surface area contributed by atoms with Gasteiger partial charge in [0.25, 0.3) is 5.56 Å². The quantitative estimate of drug-likeness (QED) is 0.410. The first-order valence-corrected chi connectivity index (χ1v) is 9.77. The third kappa shape index (κ3) is 5.41. The number of thioether (sulfide) groups is 1. The van der Waals surface area contributed by atoms with Crippen LogP contribution in [0.25, 0.3) is 0 Å². The highest BCUT2D eigenvalue weighted by atomic mass is 32.2. The maximum Gasteiger partial charge on any atom is 0.311 e. The topological polar surface area (TPSA) is 92.4 Å². The summed E-state index contributed by atoms with van der Waals surface area (Å²) < 4.78 is 18.5. The number of ether oxygens (including phenoxy) is 1. The van der Waals surface area contributed by atoms with Crippen LogP contribution in [0.2, 0.25) is 0 Å².